The van der Waals surface area contributed by atoms with Gasteiger partial charge in [-0.3, -0.25) is 4.79 Å². The average molecular weight is 411 g/mol. The van der Waals surface area contributed by atoms with Crippen molar-refractivity contribution in [3.63, 3.8) is 0 Å². The molecule has 148 valence electrons. The summed E-state index contributed by atoms with van der Waals surface area (Å²) in [5.41, 5.74) is 0.741. The van der Waals surface area contributed by atoms with E-state index in [0.717, 1.165) is 10.4 Å². The molecule has 0 saturated heterocycles. The predicted octanol–water partition coefficient (Wildman–Crippen LogP) is 3.99. The molecule has 0 saturated carbocycles. The molecule has 2 aromatic heterocycles. The van der Waals surface area contributed by atoms with Gasteiger partial charge in [-0.25, -0.2) is 0 Å². The molecule has 1 aromatic carbocycles. The highest BCUT2D eigenvalue weighted by molar-refractivity contribution is 7.13. The zero-order chi connectivity index (χ0) is 20.0. The molecular formula is C18H16F3N3O3S. The molecule has 0 radical (unpaired) electrons. The van der Waals surface area contributed by atoms with Crippen molar-refractivity contribution in [2.45, 2.75) is 25.6 Å². The number of carbonyl (C=O) groups is 1. The molecule has 0 unspecified atom stereocenters. The van der Waals surface area contributed by atoms with Crippen LogP contribution in [0.2, 0.25) is 0 Å². The molecule has 28 heavy (non-hydrogen) atoms. The quantitative estimate of drug-likeness (QED) is 0.607. The Bertz CT molecular complexity index is 893. The average Bonchev–Trinajstić information content (AvgIpc) is 3.34. The molecule has 0 aliphatic carbocycles. The van der Waals surface area contributed by atoms with E-state index in [-0.39, 0.29) is 24.6 Å². The lowest BCUT2D eigenvalue weighted by Gasteiger charge is -2.10. The molecule has 0 bridgehead atoms. The van der Waals surface area contributed by atoms with Gasteiger partial charge in [0.2, 0.25) is 17.6 Å². The molecule has 6 nitrogen and oxygen atoms in total. The van der Waals surface area contributed by atoms with E-state index in [1.807, 2.05) is 17.5 Å². The van der Waals surface area contributed by atoms with Gasteiger partial charge in [0.25, 0.3) is 0 Å². The Morgan fingerprint density at radius 3 is 2.68 bits per heavy atom. The van der Waals surface area contributed by atoms with E-state index in [4.69, 9.17) is 4.52 Å². The third-order valence-corrected chi connectivity index (χ3v) is 4.46. The second kappa shape index (κ2) is 8.87. The number of nitrogens with zero attached hydrogens (tertiary/aromatic N) is 2. The summed E-state index contributed by atoms with van der Waals surface area (Å²) < 4.78 is 46.1. The van der Waals surface area contributed by atoms with Crippen LogP contribution >= 0.6 is 11.3 Å². The Hall–Kier alpha value is -2.88. The lowest BCUT2D eigenvalue weighted by molar-refractivity contribution is -0.153. The van der Waals surface area contributed by atoms with Crippen LogP contribution in [0.1, 0.15) is 17.9 Å². The maximum atomic E-state index is 12.1. The largest absolute Gasteiger partial charge is 0.484 e. The number of nitrogens with one attached hydrogen (secondary N) is 1. The SMILES string of the molecule is O=C(CCc1nc(-c2cccs2)no1)NCc1ccc(OCC(F)(F)F)cc1. The van der Waals surface area contributed by atoms with Crippen molar-refractivity contribution in [3.8, 4) is 16.5 Å². The van der Waals surface area contributed by atoms with E-state index < -0.39 is 12.8 Å². The Morgan fingerprint density at radius 2 is 2.00 bits per heavy atom. The number of aromatic nitrogens is 2. The number of aryl methyl sites for hydroxylation is 1. The van der Waals surface area contributed by atoms with Gasteiger partial charge in [-0.15, -0.1) is 11.3 Å². The van der Waals surface area contributed by atoms with Crippen LogP contribution in [0.4, 0.5) is 13.2 Å². The smallest absolute Gasteiger partial charge is 0.422 e. The first-order valence-corrected chi connectivity index (χ1v) is 9.19. The maximum absolute atomic E-state index is 12.1. The summed E-state index contributed by atoms with van der Waals surface area (Å²) in [5, 5.41) is 8.52. The Morgan fingerprint density at radius 1 is 1.21 bits per heavy atom. The van der Waals surface area contributed by atoms with Crippen molar-refractivity contribution < 1.29 is 27.2 Å². The van der Waals surface area contributed by atoms with Crippen LogP contribution in [0, 0.1) is 0 Å². The minimum atomic E-state index is -4.38. The van der Waals surface area contributed by atoms with Crippen molar-refractivity contribution in [1.82, 2.24) is 15.5 Å². The van der Waals surface area contributed by atoms with Crippen LogP contribution in [0.3, 0.4) is 0 Å². The standard InChI is InChI=1S/C18H16F3N3O3S/c19-18(20,21)11-26-13-5-3-12(4-6-13)10-22-15(25)7-8-16-23-17(24-27-16)14-2-1-9-28-14/h1-6,9H,7-8,10-11H2,(H,22,25). The summed E-state index contributed by atoms with van der Waals surface area (Å²) in [6.07, 6.45) is -3.89. The minimum absolute atomic E-state index is 0.116. The van der Waals surface area contributed by atoms with Crippen molar-refractivity contribution in [3.05, 3.63) is 53.2 Å². The van der Waals surface area contributed by atoms with Crippen LogP contribution in [-0.2, 0) is 17.8 Å². The van der Waals surface area contributed by atoms with Crippen molar-refractivity contribution in [1.29, 1.82) is 0 Å². The van der Waals surface area contributed by atoms with Crippen LogP contribution in [-0.4, -0.2) is 28.8 Å². The second-order valence-corrected chi connectivity index (χ2v) is 6.76. The lowest BCUT2D eigenvalue weighted by Crippen LogP contribution is -2.23. The van der Waals surface area contributed by atoms with Gasteiger partial charge in [-0.2, -0.15) is 18.2 Å². The number of hydrogen-bond donors (Lipinski definition) is 1. The number of carbonyl (C=O) groups excluding carboxylic acids is 1. The predicted molar refractivity (Wildman–Crippen MR) is 95.8 cm³/mol. The third-order valence-electron chi connectivity index (χ3n) is 3.59. The first kappa shape index (κ1) is 19.9. The number of halogens is 3. The van der Waals surface area contributed by atoms with Crippen LogP contribution in [0.25, 0.3) is 10.7 Å². The topological polar surface area (TPSA) is 77.2 Å². The normalized spacial score (nSPS) is 11.4. The molecule has 10 heteroatoms. The van der Waals surface area contributed by atoms with Crippen molar-refractivity contribution >= 4 is 17.2 Å². The molecule has 0 fully saturated rings. The fraction of sp³-hybridized carbons (Fsp3) is 0.278. The molecule has 2 heterocycles. The molecule has 0 aliphatic heterocycles. The van der Waals surface area contributed by atoms with Gasteiger partial charge < -0.3 is 14.6 Å². The number of ether oxygens (including phenoxy) is 1. The summed E-state index contributed by atoms with van der Waals surface area (Å²) >= 11 is 1.50. The molecule has 1 N–H and O–H groups in total. The molecule has 0 atom stereocenters. The van der Waals surface area contributed by atoms with E-state index in [1.54, 1.807) is 12.1 Å². The van der Waals surface area contributed by atoms with Gasteiger partial charge in [-0.05, 0) is 29.1 Å². The van der Waals surface area contributed by atoms with Crippen LogP contribution < -0.4 is 10.1 Å². The Balaban J connectivity index is 1.41. The summed E-state index contributed by atoms with van der Waals surface area (Å²) in [5.74, 6) is 0.793. The number of benzene rings is 1. The highest BCUT2D eigenvalue weighted by Crippen LogP contribution is 2.21. The number of alkyl halides is 3. The number of amides is 1. The fourth-order valence-corrected chi connectivity index (χ4v) is 2.89. The van der Waals surface area contributed by atoms with E-state index in [1.165, 1.54) is 23.5 Å². The summed E-state index contributed by atoms with van der Waals surface area (Å²) in [6.45, 7) is -1.09. The fourth-order valence-electron chi connectivity index (χ4n) is 2.24. The third kappa shape index (κ3) is 6.08. The number of rotatable bonds is 8. The zero-order valence-electron chi connectivity index (χ0n) is 14.5. The maximum Gasteiger partial charge on any atom is 0.422 e. The number of hydrogen-bond acceptors (Lipinski definition) is 6. The minimum Gasteiger partial charge on any atom is -0.484 e. The molecule has 3 rings (SSSR count). The van der Waals surface area contributed by atoms with E-state index in [9.17, 15) is 18.0 Å². The van der Waals surface area contributed by atoms with Crippen LogP contribution in [0.5, 0.6) is 5.75 Å². The lowest BCUT2D eigenvalue weighted by atomic mass is 10.2. The van der Waals surface area contributed by atoms with Gasteiger partial charge in [-0.1, -0.05) is 23.4 Å². The van der Waals surface area contributed by atoms with Gasteiger partial charge in [0, 0.05) is 19.4 Å². The Labute approximate surface area is 162 Å². The van der Waals surface area contributed by atoms with E-state index >= 15 is 0 Å². The van der Waals surface area contributed by atoms with E-state index in [2.05, 4.69) is 20.2 Å². The summed E-state index contributed by atoms with van der Waals surface area (Å²) in [7, 11) is 0. The van der Waals surface area contributed by atoms with Crippen molar-refractivity contribution in [2.24, 2.45) is 0 Å². The summed E-state index contributed by atoms with van der Waals surface area (Å²) in [4.78, 5) is 17.1. The molecule has 0 aliphatic rings. The monoisotopic (exact) mass is 411 g/mol. The molecule has 3 aromatic rings. The van der Waals surface area contributed by atoms with Gasteiger partial charge in [0.05, 0.1) is 4.88 Å². The number of thiophene rings is 1. The van der Waals surface area contributed by atoms with Gasteiger partial charge in [0.15, 0.2) is 6.61 Å². The van der Waals surface area contributed by atoms with Crippen LogP contribution in [0.15, 0.2) is 46.3 Å². The second-order valence-electron chi connectivity index (χ2n) is 5.81. The zero-order valence-corrected chi connectivity index (χ0v) is 15.3. The van der Waals surface area contributed by atoms with Gasteiger partial charge in [0.1, 0.15) is 5.75 Å². The highest BCUT2D eigenvalue weighted by Gasteiger charge is 2.28. The Kier molecular flexibility index (Phi) is 6.30. The summed E-state index contributed by atoms with van der Waals surface area (Å²) in [6, 6.07) is 9.81. The first-order valence-electron chi connectivity index (χ1n) is 8.31. The molecule has 1 amide bonds. The van der Waals surface area contributed by atoms with Crippen molar-refractivity contribution in [2.75, 3.05) is 6.61 Å². The van der Waals surface area contributed by atoms with E-state index in [0.29, 0.717) is 18.1 Å². The molecule has 0 spiro atoms. The first-order chi connectivity index (χ1) is 13.4. The molecular weight excluding hydrogens is 395 g/mol. The highest BCUT2D eigenvalue weighted by atomic mass is 32.1. The van der Waals surface area contributed by atoms with Gasteiger partial charge >= 0.3 is 6.18 Å².